The van der Waals surface area contributed by atoms with E-state index in [0.717, 1.165) is 0 Å². The minimum atomic E-state index is -2.77. The van der Waals surface area contributed by atoms with E-state index in [1.807, 2.05) is 0 Å². The van der Waals surface area contributed by atoms with E-state index in [1.165, 1.54) is 12.1 Å². The number of halogens is 2. The molecule has 0 aliphatic heterocycles. The van der Waals surface area contributed by atoms with Gasteiger partial charge in [-0.25, -0.2) is 0 Å². The van der Waals surface area contributed by atoms with Crippen LogP contribution in [0, 0.1) is 10.1 Å². The number of hydrogen-bond donors (Lipinski definition) is 0. The van der Waals surface area contributed by atoms with Crippen LogP contribution in [0.1, 0.15) is 0 Å². The van der Waals surface area contributed by atoms with E-state index < -0.39 is 15.3 Å². The zero-order valence-corrected chi connectivity index (χ0v) is 8.73. The first-order valence-electron chi connectivity index (χ1n) is 3.74. The smallest absolute Gasteiger partial charge is 0.409 e. The Morgan fingerprint density at radius 1 is 1.40 bits per heavy atom. The summed E-state index contributed by atoms with van der Waals surface area (Å²) in [7, 11) is 0. The van der Waals surface area contributed by atoms with Gasteiger partial charge in [0.15, 0.2) is 0 Å². The molecule has 1 atom stereocenters. The fourth-order valence-corrected chi connectivity index (χ4v) is 0.991. The van der Waals surface area contributed by atoms with E-state index in [2.05, 4.69) is 0 Å². The summed E-state index contributed by atoms with van der Waals surface area (Å²) in [5.74, 6) is 0.0817. The van der Waals surface area contributed by atoms with Crippen molar-refractivity contribution >= 4 is 28.4 Å². The predicted molar refractivity (Wildman–Crippen MR) is 53.5 cm³/mol. The first kappa shape index (κ1) is 11.7. The van der Waals surface area contributed by atoms with Gasteiger partial charge >= 0.3 is 10.4 Å². The lowest BCUT2D eigenvalue weighted by Gasteiger charge is -2.14. The monoisotopic (exact) mass is 249 g/mol. The molecule has 0 aliphatic rings. The van der Waals surface area contributed by atoms with Crippen LogP contribution >= 0.6 is 23.2 Å². The van der Waals surface area contributed by atoms with Crippen LogP contribution in [0.5, 0.6) is 5.75 Å². The van der Waals surface area contributed by atoms with Crippen LogP contribution in [0.2, 0.25) is 0 Å². The number of rotatable bonds is 4. The summed E-state index contributed by atoms with van der Waals surface area (Å²) in [6, 6.07) is 7.66. The van der Waals surface area contributed by atoms with Crippen LogP contribution in [-0.4, -0.2) is 15.3 Å². The predicted octanol–water partition coefficient (Wildman–Crippen LogP) is 2.00. The van der Waals surface area contributed by atoms with Gasteiger partial charge in [0, 0.05) is 11.6 Å². The quantitative estimate of drug-likeness (QED) is 0.204. The Morgan fingerprint density at radius 3 is 2.33 bits per heavy atom. The number of ether oxygens (including phenoxy) is 1. The topological polar surface area (TPSA) is 69.4 Å². The molecule has 0 fully saturated rings. The summed E-state index contributed by atoms with van der Waals surface area (Å²) >= 11 is 10.3. The SMILES string of the molecule is O=C(Cl)C(Cl)(Oc1ccccc1)[N+](=O)[O-]. The molecule has 7 heteroatoms. The maximum absolute atomic E-state index is 10.8. The van der Waals surface area contributed by atoms with Gasteiger partial charge in [0.1, 0.15) is 5.75 Å². The highest BCUT2D eigenvalue weighted by Gasteiger charge is 2.52. The second-order valence-electron chi connectivity index (χ2n) is 2.51. The molecule has 0 radical (unpaired) electrons. The number of carbonyl (C=O) groups excluding carboxylic acids is 1. The average molecular weight is 250 g/mol. The first-order valence-corrected chi connectivity index (χ1v) is 4.50. The third-order valence-corrected chi connectivity index (χ3v) is 2.21. The number of para-hydroxylation sites is 1. The largest absolute Gasteiger partial charge is 0.519 e. The maximum atomic E-state index is 10.8. The third-order valence-electron chi connectivity index (χ3n) is 1.47. The zero-order chi connectivity index (χ0) is 11.5. The molecule has 0 saturated heterocycles. The summed E-state index contributed by atoms with van der Waals surface area (Å²) in [6.07, 6.45) is 0. The lowest BCUT2D eigenvalue weighted by Crippen LogP contribution is -2.44. The normalized spacial score (nSPS) is 14.0. The first-order chi connectivity index (χ1) is 6.97. The Morgan fingerprint density at radius 2 is 1.93 bits per heavy atom. The van der Waals surface area contributed by atoms with Crippen molar-refractivity contribution in [2.24, 2.45) is 0 Å². The summed E-state index contributed by atoms with van der Waals surface area (Å²) in [6.45, 7) is 0. The van der Waals surface area contributed by atoms with Gasteiger partial charge in [0.25, 0.3) is 0 Å². The molecule has 0 N–H and O–H groups in total. The van der Waals surface area contributed by atoms with E-state index in [9.17, 15) is 14.9 Å². The number of carbonyl (C=O) groups is 1. The minimum Gasteiger partial charge on any atom is -0.409 e. The van der Waals surface area contributed by atoms with Gasteiger partial charge in [0.05, 0.1) is 4.92 Å². The fourth-order valence-electron chi connectivity index (χ4n) is 0.794. The molecule has 80 valence electrons. The van der Waals surface area contributed by atoms with Crippen molar-refractivity contribution in [2.45, 2.75) is 5.18 Å². The molecule has 1 aromatic rings. The van der Waals surface area contributed by atoms with Crippen molar-refractivity contribution in [3.63, 3.8) is 0 Å². The van der Waals surface area contributed by atoms with Gasteiger partial charge < -0.3 is 4.74 Å². The Bertz CT molecular complexity index is 367. The molecule has 1 aromatic carbocycles. The van der Waals surface area contributed by atoms with Gasteiger partial charge in [-0.15, -0.1) is 0 Å². The molecule has 15 heavy (non-hydrogen) atoms. The van der Waals surface area contributed by atoms with Crippen LogP contribution in [0.3, 0.4) is 0 Å². The fraction of sp³-hybridized carbons (Fsp3) is 0.125. The van der Waals surface area contributed by atoms with E-state index in [4.69, 9.17) is 27.9 Å². The summed E-state index contributed by atoms with van der Waals surface area (Å²) in [5, 5.41) is 6.33. The van der Waals surface area contributed by atoms with E-state index >= 15 is 0 Å². The van der Waals surface area contributed by atoms with Crippen molar-refractivity contribution < 1.29 is 14.5 Å². The lowest BCUT2D eigenvalue weighted by atomic mass is 10.3. The summed E-state index contributed by atoms with van der Waals surface area (Å²) < 4.78 is 4.71. The molecule has 1 unspecified atom stereocenters. The minimum absolute atomic E-state index is 0.0817. The van der Waals surface area contributed by atoms with Gasteiger partial charge in [-0.05, 0) is 23.7 Å². The highest BCUT2D eigenvalue weighted by Crippen LogP contribution is 2.24. The van der Waals surface area contributed by atoms with Crippen molar-refractivity contribution in [3.8, 4) is 5.75 Å². The zero-order valence-electron chi connectivity index (χ0n) is 7.22. The van der Waals surface area contributed by atoms with Crippen LogP contribution in [0.25, 0.3) is 0 Å². The molecular weight excluding hydrogens is 245 g/mol. The Kier molecular flexibility index (Phi) is 3.49. The highest BCUT2D eigenvalue weighted by atomic mass is 35.5. The van der Waals surface area contributed by atoms with E-state index in [-0.39, 0.29) is 5.75 Å². The van der Waals surface area contributed by atoms with Crippen molar-refractivity contribution in [3.05, 3.63) is 40.4 Å². The Hall–Kier alpha value is -1.33. The number of benzene rings is 1. The second-order valence-corrected chi connectivity index (χ2v) is 3.36. The van der Waals surface area contributed by atoms with Crippen molar-refractivity contribution in [1.82, 2.24) is 0 Å². The van der Waals surface area contributed by atoms with Crippen LogP contribution in [0.4, 0.5) is 0 Å². The molecule has 0 bridgehead atoms. The molecule has 0 aliphatic carbocycles. The number of hydrogen-bond acceptors (Lipinski definition) is 4. The second kappa shape index (κ2) is 4.46. The summed E-state index contributed by atoms with van der Waals surface area (Å²) in [5.41, 5.74) is 0. The molecule has 1 rings (SSSR count). The lowest BCUT2D eigenvalue weighted by molar-refractivity contribution is -0.564. The molecule has 0 saturated carbocycles. The average Bonchev–Trinajstić information content (AvgIpc) is 2.18. The Labute approximate surface area is 94.7 Å². The van der Waals surface area contributed by atoms with Crippen molar-refractivity contribution in [2.75, 3.05) is 0 Å². The molecule has 0 amide bonds. The van der Waals surface area contributed by atoms with Gasteiger partial charge in [0.2, 0.25) is 0 Å². The van der Waals surface area contributed by atoms with Gasteiger partial charge in [-0.1, -0.05) is 18.2 Å². The van der Waals surface area contributed by atoms with Crippen LogP contribution < -0.4 is 4.74 Å². The summed E-state index contributed by atoms with van der Waals surface area (Å²) in [4.78, 5) is 20.2. The number of nitrogens with zero attached hydrogens (tertiary/aromatic N) is 1. The highest BCUT2D eigenvalue weighted by molar-refractivity contribution is 6.69. The van der Waals surface area contributed by atoms with Gasteiger partial charge in [-0.3, -0.25) is 14.9 Å². The number of nitro groups is 1. The van der Waals surface area contributed by atoms with Crippen LogP contribution in [0.15, 0.2) is 30.3 Å². The standard InChI is InChI=1S/C8H5Cl2NO4/c9-7(12)8(10,11(13)14)15-6-4-2-1-3-5-6/h1-5H. The maximum Gasteiger partial charge on any atom is 0.519 e. The Balaban J connectivity index is 2.95. The molecule has 0 heterocycles. The van der Waals surface area contributed by atoms with E-state index in [0.29, 0.717) is 0 Å². The van der Waals surface area contributed by atoms with Crippen LogP contribution in [-0.2, 0) is 4.79 Å². The molecule has 0 aromatic heterocycles. The van der Waals surface area contributed by atoms with Gasteiger partial charge in [-0.2, -0.15) is 0 Å². The van der Waals surface area contributed by atoms with Crippen molar-refractivity contribution in [1.29, 1.82) is 0 Å². The third kappa shape index (κ3) is 2.57. The van der Waals surface area contributed by atoms with E-state index in [1.54, 1.807) is 18.2 Å². The molecule has 5 nitrogen and oxygen atoms in total. The molecular formula is C8H5Cl2NO4. The molecule has 0 spiro atoms. The number of alkyl halides is 1.